The molecule has 7 heteroatoms. The average molecular weight is 461 g/mol. The Kier molecular flexibility index (Phi) is 5.58. The molecule has 170 valence electrons. The number of hydrogen-bond acceptors (Lipinski definition) is 5. The van der Waals surface area contributed by atoms with Gasteiger partial charge in [0, 0.05) is 49.4 Å². The Morgan fingerprint density at radius 3 is 2.64 bits per heavy atom. The summed E-state index contributed by atoms with van der Waals surface area (Å²) in [6.07, 6.45) is 0. The van der Waals surface area contributed by atoms with Gasteiger partial charge in [-0.2, -0.15) is 5.10 Å². The number of methoxy groups -OCH3 is 1. The van der Waals surface area contributed by atoms with Gasteiger partial charge in [0.25, 0.3) is 5.91 Å². The van der Waals surface area contributed by atoms with Crippen molar-refractivity contribution in [1.82, 2.24) is 14.7 Å². The van der Waals surface area contributed by atoms with Crippen LogP contribution in [-0.2, 0) is 7.05 Å². The highest BCUT2D eigenvalue weighted by Gasteiger charge is 2.29. The summed E-state index contributed by atoms with van der Waals surface area (Å²) in [4.78, 5) is 19.6. The van der Waals surface area contributed by atoms with E-state index in [1.54, 1.807) is 7.11 Å². The van der Waals surface area contributed by atoms with Gasteiger partial charge in [0.05, 0.1) is 12.0 Å². The van der Waals surface area contributed by atoms with Crippen LogP contribution in [0.25, 0.3) is 21.5 Å². The van der Waals surface area contributed by atoms with E-state index in [9.17, 15) is 4.79 Å². The molecule has 0 saturated carbocycles. The zero-order valence-electron chi connectivity index (χ0n) is 19.4. The maximum atomic E-state index is 13.4. The zero-order chi connectivity index (χ0) is 23.1. The first-order valence-electron chi connectivity index (χ1n) is 11.2. The fraction of sp³-hybridized carbons (Fsp3) is 0.308. The van der Waals surface area contributed by atoms with E-state index in [4.69, 9.17) is 9.84 Å². The third-order valence-corrected chi connectivity index (χ3v) is 7.54. The van der Waals surface area contributed by atoms with E-state index in [0.717, 1.165) is 38.6 Å². The molecule has 1 aliphatic rings. The smallest absolute Gasteiger partial charge is 0.264 e. The van der Waals surface area contributed by atoms with Gasteiger partial charge in [0.1, 0.15) is 16.3 Å². The monoisotopic (exact) mass is 460 g/mol. The molecule has 0 unspecified atom stereocenters. The molecule has 0 aliphatic carbocycles. The first-order chi connectivity index (χ1) is 15.9. The molecule has 1 amide bonds. The molecule has 3 heterocycles. The van der Waals surface area contributed by atoms with Crippen molar-refractivity contribution < 1.29 is 9.53 Å². The molecule has 0 radical (unpaired) electrons. The summed E-state index contributed by atoms with van der Waals surface area (Å²) in [5, 5.41) is 5.72. The fourth-order valence-electron chi connectivity index (χ4n) is 4.55. The van der Waals surface area contributed by atoms with Gasteiger partial charge in [-0.3, -0.25) is 9.48 Å². The van der Waals surface area contributed by atoms with Crippen molar-refractivity contribution in [3.8, 4) is 17.0 Å². The van der Waals surface area contributed by atoms with Crippen LogP contribution in [-0.4, -0.2) is 53.4 Å². The normalized spacial score (nSPS) is 16.4. The molecule has 1 fully saturated rings. The van der Waals surface area contributed by atoms with E-state index in [1.165, 1.54) is 22.6 Å². The van der Waals surface area contributed by atoms with Crippen LogP contribution in [0.4, 0.5) is 5.69 Å². The van der Waals surface area contributed by atoms with Crippen LogP contribution in [0, 0.1) is 6.92 Å². The summed E-state index contributed by atoms with van der Waals surface area (Å²) in [6.45, 7) is 6.55. The first kappa shape index (κ1) is 21.5. The van der Waals surface area contributed by atoms with Gasteiger partial charge in [-0.25, -0.2) is 0 Å². The number of piperazine rings is 1. The first-order valence-corrected chi connectivity index (χ1v) is 12.0. The lowest BCUT2D eigenvalue weighted by Gasteiger charge is -2.41. The molecule has 0 spiro atoms. The fourth-order valence-corrected chi connectivity index (χ4v) is 5.59. The van der Waals surface area contributed by atoms with Crippen LogP contribution < -0.4 is 9.64 Å². The third-order valence-electron chi connectivity index (χ3n) is 6.35. The number of ether oxygens (including phenoxy) is 1. The molecular weight excluding hydrogens is 432 g/mol. The van der Waals surface area contributed by atoms with Crippen LogP contribution in [0.5, 0.6) is 5.75 Å². The zero-order valence-corrected chi connectivity index (χ0v) is 20.2. The Bertz CT molecular complexity index is 1310. The standard InChI is InChI=1S/C26H28N4O2S/c1-17-8-10-20(11-9-17)30-13-12-29(16-18(30)2)25(31)23-15-22-24(27-28(3)26(22)33-23)19-6-5-7-21(14-19)32-4/h5-11,14-15,18H,12-13,16H2,1-4H3/t18-/m0/s1. The predicted molar refractivity (Wildman–Crippen MR) is 134 cm³/mol. The highest BCUT2D eigenvalue weighted by molar-refractivity contribution is 7.20. The molecule has 0 N–H and O–H groups in total. The number of carbonyl (C=O) groups is 1. The molecule has 1 aliphatic heterocycles. The minimum Gasteiger partial charge on any atom is -0.497 e. The number of carbonyl (C=O) groups excluding carboxylic acids is 1. The van der Waals surface area contributed by atoms with Gasteiger partial charge in [-0.15, -0.1) is 11.3 Å². The lowest BCUT2D eigenvalue weighted by Crippen LogP contribution is -2.53. The summed E-state index contributed by atoms with van der Waals surface area (Å²) >= 11 is 1.52. The second-order valence-corrected chi connectivity index (χ2v) is 9.69. The molecule has 6 nitrogen and oxygen atoms in total. The number of hydrogen-bond donors (Lipinski definition) is 0. The quantitative estimate of drug-likeness (QED) is 0.432. The molecular formula is C26H28N4O2S. The molecule has 2 aromatic carbocycles. The van der Waals surface area contributed by atoms with Gasteiger partial charge in [-0.1, -0.05) is 29.8 Å². The topological polar surface area (TPSA) is 50.6 Å². The SMILES string of the molecule is COc1cccc(-c2nn(C)c3sc(C(=O)N4CCN(c5ccc(C)cc5)[C@@H](C)C4)cc23)c1. The summed E-state index contributed by atoms with van der Waals surface area (Å²) in [5.74, 6) is 0.890. The van der Waals surface area contributed by atoms with Gasteiger partial charge >= 0.3 is 0 Å². The van der Waals surface area contributed by atoms with Crippen molar-refractivity contribution in [3.63, 3.8) is 0 Å². The van der Waals surface area contributed by atoms with Crippen molar-refractivity contribution in [1.29, 1.82) is 0 Å². The van der Waals surface area contributed by atoms with Crippen LogP contribution in [0.1, 0.15) is 22.2 Å². The molecule has 4 aromatic rings. The van der Waals surface area contributed by atoms with Crippen molar-refractivity contribution in [2.75, 3.05) is 31.6 Å². The highest BCUT2D eigenvalue weighted by atomic mass is 32.1. The highest BCUT2D eigenvalue weighted by Crippen LogP contribution is 2.35. The number of anilines is 1. The summed E-state index contributed by atoms with van der Waals surface area (Å²) in [7, 11) is 3.59. The Hall–Kier alpha value is -3.32. The van der Waals surface area contributed by atoms with Crippen LogP contribution in [0.3, 0.4) is 0 Å². The van der Waals surface area contributed by atoms with Crippen LogP contribution in [0.15, 0.2) is 54.6 Å². The largest absolute Gasteiger partial charge is 0.497 e. The number of amides is 1. The Morgan fingerprint density at radius 1 is 1.12 bits per heavy atom. The molecule has 5 rings (SSSR count). The third kappa shape index (κ3) is 3.97. The minimum absolute atomic E-state index is 0.100. The molecule has 2 aromatic heterocycles. The van der Waals surface area contributed by atoms with E-state index in [2.05, 4.69) is 43.0 Å². The number of benzene rings is 2. The Labute approximate surface area is 198 Å². The maximum absolute atomic E-state index is 13.4. The maximum Gasteiger partial charge on any atom is 0.264 e. The van der Waals surface area contributed by atoms with Crippen LogP contribution in [0.2, 0.25) is 0 Å². The van der Waals surface area contributed by atoms with Gasteiger partial charge in [-0.05, 0) is 44.2 Å². The van der Waals surface area contributed by atoms with E-state index in [1.807, 2.05) is 47.0 Å². The van der Waals surface area contributed by atoms with E-state index < -0.39 is 0 Å². The van der Waals surface area contributed by atoms with Gasteiger partial charge in [0.2, 0.25) is 0 Å². The summed E-state index contributed by atoms with van der Waals surface area (Å²) in [6, 6.07) is 18.8. The number of aryl methyl sites for hydroxylation is 2. The molecule has 1 saturated heterocycles. The lowest BCUT2D eigenvalue weighted by atomic mass is 10.1. The van der Waals surface area contributed by atoms with Crippen molar-refractivity contribution in [2.24, 2.45) is 7.05 Å². The van der Waals surface area contributed by atoms with Gasteiger partial charge in [0.15, 0.2) is 0 Å². The minimum atomic E-state index is 0.100. The van der Waals surface area contributed by atoms with Crippen molar-refractivity contribution in [2.45, 2.75) is 19.9 Å². The lowest BCUT2D eigenvalue weighted by molar-refractivity contribution is 0.0731. The summed E-state index contributed by atoms with van der Waals surface area (Å²) < 4.78 is 7.24. The van der Waals surface area contributed by atoms with Crippen molar-refractivity contribution in [3.05, 3.63) is 65.0 Å². The number of rotatable bonds is 4. The van der Waals surface area contributed by atoms with E-state index >= 15 is 0 Å². The Balaban J connectivity index is 1.38. The summed E-state index contributed by atoms with van der Waals surface area (Å²) in [5.41, 5.74) is 4.33. The molecule has 1 atom stereocenters. The van der Waals surface area contributed by atoms with Crippen LogP contribution >= 0.6 is 11.3 Å². The number of nitrogens with zero attached hydrogens (tertiary/aromatic N) is 4. The van der Waals surface area contributed by atoms with Crippen molar-refractivity contribution >= 4 is 33.1 Å². The molecule has 33 heavy (non-hydrogen) atoms. The second kappa shape index (κ2) is 8.56. The number of thiophene rings is 1. The Morgan fingerprint density at radius 2 is 1.91 bits per heavy atom. The van der Waals surface area contributed by atoms with Gasteiger partial charge < -0.3 is 14.5 Å². The second-order valence-electron chi connectivity index (χ2n) is 8.66. The average Bonchev–Trinajstić information content (AvgIpc) is 3.40. The molecule has 0 bridgehead atoms. The van der Waals surface area contributed by atoms with E-state index in [0.29, 0.717) is 13.1 Å². The van der Waals surface area contributed by atoms with E-state index in [-0.39, 0.29) is 11.9 Å². The predicted octanol–water partition coefficient (Wildman–Crippen LogP) is 4.97. The number of aromatic nitrogens is 2. The number of fused-ring (bicyclic) bond motifs is 1.